The molecule has 3 rings (SSSR count). The Kier molecular flexibility index (Phi) is 6.93. The number of likely N-dealkylation sites (tertiary alicyclic amines) is 1. The first-order valence-electron chi connectivity index (χ1n) is 9.94. The average Bonchev–Trinajstić information content (AvgIpc) is 2.63. The zero-order valence-electron chi connectivity index (χ0n) is 15.3. The number of carbonyl (C=O) groups excluding carboxylic acids is 1. The SMILES string of the molecule is CC1CCC(OC2CCN(CCC(=O)N3CCOCC3)CC2)CC1. The van der Waals surface area contributed by atoms with E-state index >= 15 is 0 Å². The van der Waals surface area contributed by atoms with E-state index in [2.05, 4.69) is 11.8 Å². The number of hydrogen-bond acceptors (Lipinski definition) is 4. The smallest absolute Gasteiger partial charge is 0.224 e. The van der Waals surface area contributed by atoms with Crippen LogP contribution in [0.1, 0.15) is 51.9 Å². The predicted octanol–water partition coefficient (Wildman–Crippen LogP) is 2.29. The molecule has 0 spiro atoms. The summed E-state index contributed by atoms with van der Waals surface area (Å²) in [5, 5.41) is 0. The van der Waals surface area contributed by atoms with E-state index in [1.54, 1.807) is 0 Å². The molecular weight excluding hydrogens is 304 g/mol. The summed E-state index contributed by atoms with van der Waals surface area (Å²) in [5.74, 6) is 1.17. The number of amides is 1. The molecule has 1 saturated carbocycles. The topological polar surface area (TPSA) is 42.0 Å². The molecule has 2 aliphatic heterocycles. The lowest BCUT2D eigenvalue weighted by Crippen LogP contribution is -2.43. The van der Waals surface area contributed by atoms with Gasteiger partial charge in [-0.2, -0.15) is 0 Å². The van der Waals surface area contributed by atoms with Gasteiger partial charge in [0.2, 0.25) is 5.91 Å². The highest BCUT2D eigenvalue weighted by molar-refractivity contribution is 5.76. The van der Waals surface area contributed by atoms with E-state index in [0.29, 0.717) is 31.8 Å². The molecule has 0 N–H and O–H groups in total. The Morgan fingerprint density at radius 2 is 1.58 bits per heavy atom. The molecule has 3 fully saturated rings. The summed E-state index contributed by atoms with van der Waals surface area (Å²) in [5.41, 5.74) is 0. The van der Waals surface area contributed by atoms with Crippen LogP contribution in [0.5, 0.6) is 0 Å². The summed E-state index contributed by atoms with van der Waals surface area (Å²) < 4.78 is 11.6. The van der Waals surface area contributed by atoms with Gasteiger partial charge in [0.15, 0.2) is 0 Å². The zero-order valence-corrected chi connectivity index (χ0v) is 15.3. The molecule has 0 aromatic heterocycles. The average molecular weight is 338 g/mol. The number of morpholine rings is 1. The van der Waals surface area contributed by atoms with E-state index in [4.69, 9.17) is 9.47 Å². The van der Waals surface area contributed by atoms with Crippen LogP contribution < -0.4 is 0 Å². The van der Waals surface area contributed by atoms with Crippen molar-refractivity contribution in [2.75, 3.05) is 45.9 Å². The van der Waals surface area contributed by atoms with Gasteiger partial charge in [-0.05, 0) is 44.4 Å². The van der Waals surface area contributed by atoms with Crippen molar-refractivity contribution in [1.29, 1.82) is 0 Å². The van der Waals surface area contributed by atoms with Crippen LogP contribution in [0.15, 0.2) is 0 Å². The molecule has 0 bridgehead atoms. The van der Waals surface area contributed by atoms with Gasteiger partial charge in [0.1, 0.15) is 0 Å². The maximum Gasteiger partial charge on any atom is 0.224 e. The van der Waals surface area contributed by atoms with Crippen molar-refractivity contribution in [2.24, 2.45) is 5.92 Å². The van der Waals surface area contributed by atoms with Crippen LogP contribution in [0.25, 0.3) is 0 Å². The van der Waals surface area contributed by atoms with Gasteiger partial charge in [-0.15, -0.1) is 0 Å². The minimum Gasteiger partial charge on any atom is -0.378 e. The standard InChI is InChI=1S/C19H34N2O3/c1-16-2-4-17(5-3-16)24-18-6-9-20(10-7-18)11-8-19(22)21-12-14-23-15-13-21/h16-18H,2-15H2,1H3. The Balaban J connectivity index is 1.29. The molecule has 24 heavy (non-hydrogen) atoms. The number of piperidine rings is 1. The summed E-state index contributed by atoms with van der Waals surface area (Å²) in [4.78, 5) is 16.6. The van der Waals surface area contributed by atoms with E-state index in [1.165, 1.54) is 25.7 Å². The van der Waals surface area contributed by atoms with E-state index in [9.17, 15) is 4.79 Å². The molecular formula is C19H34N2O3. The van der Waals surface area contributed by atoms with Crippen LogP contribution in [-0.2, 0) is 14.3 Å². The highest BCUT2D eigenvalue weighted by atomic mass is 16.5. The van der Waals surface area contributed by atoms with Crippen LogP contribution in [0, 0.1) is 5.92 Å². The molecule has 0 aromatic rings. The molecule has 5 heteroatoms. The molecule has 2 heterocycles. The third-order valence-corrected chi connectivity index (χ3v) is 5.89. The van der Waals surface area contributed by atoms with Gasteiger partial charge >= 0.3 is 0 Å². The van der Waals surface area contributed by atoms with Crippen LogP contribution in [-0.4, -0.2) is 73.9 Å². The van der Waals surface area contributed by atoms with Crippen LogP contribution in [0.4, 0.5) is 0 Å². The first-order chi connectivity index (χ1) is 11.7. The van der Waals surface area contributed by atoms with E-state index in [-0.39, 0.29) is 5.91 Å². The fourth-order valence-electron chi connectivity index (χ4n) is 4.13. The molecule has 5 nitrogen and oxygen atoms in total. The number of hydrogen-bond donors (Lipinski definition) is 0. The lowest BCUT2D eigenvalue weighted by molar-refractivity contribution is -0.135. The van der Waals surface area contributed by atoms with Crippen molar-refractivity contribution in [3.05, 3.63) is 0 Å². The fraction of sp³-hybridized carbons (Fsp3) is 0.947. The van der Waals surface area contributed by atoms with Gasteiger partial charge in [-0.1, -0.05) is 6.92 Å². The lowest BCUT2D eigenvalue weighted by Gasteiger charge is -2.36. The minimum atomic E-state index is 0.285. The second-order valence-electron chi connectivity index (χ2n) is 7.80. The van der Waals surface area contributed by atoms with E-state index < -0.39 is 0 Å². The third-order valence-electron chi connectivity index (χ3n) is 5.89. The highest BCUT2D eigenvalue weighted by Crippen LogP contribution is 2.28. The third kappa shape index (κ3) is 5.43. The molecule has 2 saturated heterocycles. The Hall–Kier alpha value is -0.650. The Labute approximate surface area is 146 Å². The Morgan fingerprint density at radius 1 is 0.958 bits per heavy atom. The monoisotopic (exact) mass is 338 g/mol. The summed E-state index contributed by atoms with van der Waals surface area (Å²) in [6.07, 6.45) is 8.97. The number of rotatable bonds is 5. The van der Waals surface area contributed by atoms with Crippen LogP contribution >= 0.6 is 0 Å². The van der Waals surface area contributed by atoms with Gasteiger partial charge in [-0.3, -0.25) is 4.79 Å². The molecule has 1 aliphatic carbocycles. The van der Waals surface area contributed by atoms with Gasteiger partial charge in [-0.25, -0.2) is 0 Å². The first-order valence-corrected chi connectivity index (χ1v) is 9.94. The van der Waals surface area contributed by atoms with E-state index in [0.717, 1.165) is 51.5 Å². The second kappa shape index (κ2) is 9.16. The first kappa shape index (κ1) is 18.2. The number of nitrogens with zero attached hydrogens (tertiary/aromatic N) is 2. The Bertz CT molecular complexity index is 382. The lowest BCUT2D eigenvalue weighted by atomic mass is 9.88. The van der Waals surface area contributed by atoms with E-state index in [1.807, 2.05) is 4.90 Å². The van der Waals surface area contributed by atoms with Gasteiger partial charge in [0.05, 0.1) is 25.4 Å². The maximum absolute atomic E-state index is 12.2. The molecule has 0 unspecified atom stereocenters. The zero-order chi connectivity index (χ0) is 16.8. The normalized spacial score (nSPS) is 30.5. The summed E-state index contributed by atoms with van der Waals surface area (Å²) in [6.45, 7) is 8.29. The minimum absolute atomic E-state index is 0.285. The second-order valence-corrected chi connectivity index (χ2v) is 7.80. The summed E-state index contributed by atoms with van der Waals surface area (Å²) in [7, 11) is 0. The molecule has 1 amide bonds. The van der Waals surface area contributed by atoms with Crippen molar-refractivity contribution >= 4 is 5.91 Å². The van der Waals surface area contributed by atoms with Crippen LogP contribution in [0.3, 0.4) is 0 Å². The van der Waals surface area contributed by atoms with Crippen molar-refractivity contribution in [1.82, 2.24) is 9.80 Å². The van der Waals surface area contributed by atoms with Gasteiger partial charge < -0.3 is 19.3 Å². The quantitative estimate of drug-likeness (QED) is 0.771. The number of ether oxygens (including phenoxy) is 2. The number of carbonyl (C=O) groups is 1. The summed E-state index contributed by atoms with van der Waals surface area (Å²) in [6, 6.07) is 0. The molecule has 138 valence electrons. The maximum atomic E-state index is 12.2. The largest absolute Gasteiger partial charge is 0.378 e. The molecule has 3 aliphatic rings. The Morgan fingerprint density at radius 3 is 2.25 bits per heavy atom. The van der Waals surface area contributed by atoms with Crippen molar-refractivity contribution in [3.8, 4) is 0 Å². The van der Waals surface area contributed by atoms with Gasteiger partial charge in [0, 0.05) is 39.1 Å². The summed E-state index contributed by atoms with van der Waals surface area (Å²) >= 11 is 0. The van der Waals surface area contributed by atoms with Crippen LogP contribution in [0.2, 0.25) is 0 Å². The predicted molar refractivity (Wildman–Crippen MR) is 94.0 cm³/mol. The molecule has 0 radical (unpaired) electrons. The van der Waals surface area contributed by atoms with Crippen molar-refractivity contribution < 1.29 is 14.3 Å². The highest BCUT2D eigenvalue weighted by Gasteiger charge is 2.26. The fourth-order valence-corrected chi connectivity index (χ4v) is 4.13. The molecule has 0 aromatic carbocycles. The van der Waals surface area contributed by atoms with Crippen molar-refractivity contribution in [2.45, 2.75) is 64.1 Å². The molecule has 0 atom stereocenters. The van der Waals surface area contributed by atoms with Crippen molar-refractivity contribution in [3.63, 3.8) is 0 Å². The van der Waals surface area contributed by atoms with Gasteiger partial charge in [0.25, 0.3) is 0 Å².